The number of thiocarbonyl (C=S) groups is 1. The van der Waals surface area contributed by atoms with Gasteiger partial charge in [0.25, 0.3) is 5.91 Å². The number of carboxylic acid groups (broad SMARTS) is 1. The molecule has 0 spiro atoms. The highest BCUT2D eigenvalue weighted by molar-refractivity contribution is 8.26. The lowest BCUT2D eigenvalue weighted by molar-refractivity contribution is -0.122. The van der Waals surface area contributed by atoms with Gasteiger partial charge in [-0.2, -0.15) is 0 Å². The number of nitrogens with zero attached hydrogens (tertiary/aromatic N) is 3. The first kappa shape index (κ1) is 23.7. The van der Waals surface area contributed by atoms with E-state index in [9.17, 15) is 9.59 Å². The first-order valence-electron chi connectivity index (χ1n) is 11.1. The summed E-state index contributed by atoms with van der Waals surface area (Å²) < 4.78 is 0.495. The number of thioether (sulfide) groups is 1. The second kappa shape index (κ2) is 9.88. The number of carbonyl (C=O) groups is 2. The van der Waals surface area contributed by atoms with Gasteiger partial charge in [0.15, 0.2) is 5.82 Å². The van der Waals surface area contributed by atoms with Crippen LogP contribution in [0.1, 0.15) is 21.5 Å². The van der Waals surface area contributed by atoms with Crippen LogP contribution in [-0.4, -0.2) is 42.7 Å². The molecule has 3 aromatic carbocycles. The van der Waals surface area contributed by atoms with Crippen molar-refractivity contribution >= 4 is 63.1 Å². The number of para-hydroxylation sites is 2. The van der Waals surface area contributed by atoms with Crippen molar-refractivity contribution in [1.82, 2.24) is 14.9 Å². The number of carboxylic acids is 1. The Labute approximate surface area is 216 Å². The molecule has 4 aromatic rings. The van der Waals surface area contributed by atoms with Gasteiger partial charge in [-0.05, 0) is 54.0 Å². The fourth-order valence-corrected chi connectivity index (χ4v) is 5.21. The van der Waals surface area contributed by atoms with Gasteiger partial charge in [0.1, 0.15) is 10.0 Å². The molecular formula is C27H20N4O3S2. The van der Waals surface area contributed by atoms with Crippen molar-refractivity contribution in [3.63, 3.8) is 0 Å². The van der Waals surface area contributed by atoms with Gasteiger partial charge >= 0.3 is 5.97 Å². The summed E-state index contributed by atoms with van der Waals surface area (Å²) in [5.74, 6) is -0.779. The highest BCUT2D eigenvalue weighted by Gasteiger charge is 2.31. The van der Waals surface area contributed by atoms with Crippen molar-refractivity contribution in [3.05, 3.63) is 94.4 Å². The molecule has 1 saturated heterocycles. The Morgan fingerprint density at radius 1 is 1.03 bits per heavy atom. The molecule has 1 amide bonds. The molecule has 0 unspecified atom stereocenters. The molecular weight excluding hydrogens is 492 g/mol. The first-order valence-corrected chi connectivity index (χ1v) is 12.3. The topological polar surface area (TPSA) is 109 Å². The zero-order valence-electron chi connectivity index (χ0n) is 18.9. The summed E-state index contributed by atoms with van der Waals surface area (Å²) in [5, 5.41) is 9.04. The quantitative estimate of drug-likeness (QED) is 0.274. The SMILES string of the molecule is Nc1nc2ccccc2nc1-c1cccc(C=C2SC(=S)N(CCc3ccc(C(=O)O)cc3)C2=O)c1. The van der Waals surface area contributed by atoms with Crippen LogP contribution in [0.3, 0.4) is 0 Å². The van der Waals surface area contributed by atoms with Crippen molar-refractivity contribution in [2.24, 2.45) is 0 Å². The van der Waals surface area contributed by atoms with Gasteiger partial charge in [-0.25, -0.2) is 14.8 Å². The monoisotopic (exact) mass is 512 g/mol. The molecule has 0 aliphatic carbocycles. The number of nitrogen functional groups attached to an aromatic ring is 1. The first-order chi connectivity index (χ1) is 17.4. The molecule has 0 bridgehead atoms. The van der Waals surface area contributed by atoms with Crippen LogP contribution >= 0.6 is 24.0 Å². The molecule has 0 atom stereocenters. The summed E-state index contributed by atoms with van der Waals surface area (Å²) in [5.41, 5.74) is 11.1. The predicted octanol–water partition coefficient (Wildman–Crippen LogP) is 5.02. The number of aromatic carboxylic acids is 1. The van der Waals surface area contributed by atoms with Crippen molar-refractivity contribution in [3.8, 4) is 11.3 Å². The zero-order valence-corrected chi connectivity index (χ0v) is 20.6. The fourth-order valence-electron chi connectivity index (χ4n) is 3.90. The van der Waals surface area contributed by atoms with Crippen LogP contribution in [0.2, 0.25) is 0 Å². The summed E-state index contributed by atoms with van der Waals surface area (Å²) in [6, 6.07) is 21.8. The zero-order chi connectivity index (χ0) is 25.2. The van der Waals surface area contributed by atoms with Crippen LogP contribution in [-0.2, 0) is 11.2 Å². The second-order valence-electron chi connectivity index (χ2n) is 8.16. The molecule has 1 aliphatic rings. The number of rotatable bonds is 6. The molecule has 9 heteroatoms. The Morgan fingerprint density at radius 3 is 2.47 bits per heavy atom. The van der Waals surface area contributed by atoms with E-state index >= 15 is 0 Å². The van der Waals surface area contributed by atoms with E-state index in [0.29, 0.717) is 33.7 Å². The number of anilines is 1. The molecule has 1 fully saturated rings. The molecule has 0 radical (unpaired) electrons. The molecule has 178 valence electrons. The predicted molar refractivity (Wildman–Crippen MR) is 146 cm³/mol. The van der Waals surface area contributed by atoms with E-state index in [1.165, 1.54) is 11.8 Å². The fraction of sp³-hybridized carbons (Fsp3) is 0.0741. The second-order valence-corrected chi connectivity index (χ2v) is 9.83. The van der Waals surface area contributed by atoms with Crippen LogP contribution in [0, 0.1) is 0 Å². The molecule has 0 saturated carbocycles. The lowest BCUT2D eigenvalue weighted by atomic mass is 10.1. The largest absolute Gasteiger partial charge is 0.478 e. The van der Waals surface area contributed by atoms with E-state index in [1.807, 2.05) is 54.6 Å². The van der Waals surface area contributed by atoms with E-state index in [1.54, 1.807) is 29.2 Å². The van der Waals surface area contributed by atoms with Crippen LogP contribution in [0.5, 0.6) is 0 Å². The Bertz CT molecular complexity index is 1550. The summed E-state index contributed by atoms with van der Waals surface area (Å²) >= 11 is 6.72. The van der Waals surface area contributed by atoms with Crippen molar-refractivity contribution in [2.75, 3.05) is 12.3 Å². The van der Waals surface area contributed by atoms with Gasteiger partial charge < -0.3 is 10.8 Å². The minimum absolute atomic E-state index is 0.150. The number of hydrogen-bond donors (Lipinski definition) is 2. The van der Waals surface area contributed by atoms with Crippen LogP contribution in [0.25, 0.3) is 28.4 Å². The maximum atomic E-state index is 13.1. The highest BCUT2D eigenvalue weighted by atomic mass is 32.2. The standard InChI is InChI=1S/C27H20N4O3S2/c28-24-23(29-20-6-1-2-7-21(20)30-24)19-5-3-4-17(14-19)15-22-25(32)31(27(35)36-22)13-12-16-8-10-18(11-9-16)26(33)34/h1-11,14-15H,12-13H2,(H2,28,30)(H,33,34). The number of aromatic nitrogens is 2. The van der Waals surface area contributed by atoms with E-state index < -0.39 is 5.97 Å². The number of nitrogens with two attached hydrogens (primary N) is 1. The van der Waals surface area contributed by atoms with Gasteiger partial charge in [0, 0.05) is 12.1 Å². The van der Waals surface area contributed by atoms with E-state index in [0.717, 1.165) is 27.7 Å². The van der Waals surface area contributed by atoms with Gasteiger partial charge in [-0.15, -0.1) is 0 Å². The molecule has 1 aliphatic heterocycles. The maximum Gasteiger partial charge on any atom is 0.335 e. The third-order valence-corrected chi connectivity index (χ3v) is 7.13. The smallest absolute Gasteiger partial charge is 0.335 e. The van der Waals surface area contributed by atoms with Crippen molar-refractivity contribution in [2.45, 2.75) is 6.42 Å². The third-order valence-electron chi connectivity index (χ3n) is 5.75. The van der Waals surface area contributed by atoms with Gasteiger partial charge in [-0.3, -0.25) is 9.69 Å². The number of fused-ring (bicyclic) bond motifs is 1. The number of amides is 1. The summed E-state index contributed by atoms with van der Waals surface area (Å²) in [4.78, 5) is 35.4. The Hall–Kier alpha value is -4.08. The third kappa shape index (κ3) is 4.84. The maximum absolute atomic E-state index is 13.1. The van der Waals surface area contributed by atoms with E-state index in [4.69, 9.17) is 23.1 Å². The van der Waals surface area contributed by atoms with Crippen molar-refractivity contribution < 1.29 is 14.7 Å². The minimum Gasteiger partial charge on any atom is -0.478 e. The molecule has 36 heavy (non-hydrogen) atoms. The van der Waals surface area contributed by atoms with Gasteiger partial charge in [0.05, 0.1) is 21.5 Å². The number of carbonyl (C=O) groups excluding carboxylic acids is 1. The Kier molecular flexibility index (Phi) is 6.49. The minimum atomic E-state index is -0.969. The molecule has 1 aromatic heterocycles. The number of hydrogen-bond acceptors (Lipinski definition) is 7. The molecule has 3 N–H and O–H groups in total. The van der Waals surface area contributed by atoms with Gasteiger partial charge in [-0.1, -0.05) is 66.4 Å². The van der Waals surface area contributed by atoms with Crippen LogP contribution in [0.15, 0.2) is 77.7 Å². The Morgan fingerprint density at radius 2 is 1.75 bits per heavy atom. The van der Waals surface area contributed by atoms with E-state index in [2.05, 4.69) is 9.97 Å². The lowest BCUT2D eigenvalue weighted by Crippen LogP contribution is -2.30. The summed E-state index contributed by atoms with van der Waals surface area (Å²) in [7, 11) is 0. The Balaban J connectivity index is 1.34. The van der Waals surface area contributed by atoms with Crippen LogP contribution in [0.4, 0.5) is 5.82 Å². The number of benzene rings is 3. The average molecular weight is 513 g/mol. The average Bonchev–Trinajstić information content (AvgIpc) is 3.14. The van der Waals surface area contributed by atoms with Crippen LogP contribution < -0.4 is 5.73 Å². The molecule has 7 nitrogen and oxygen atoms in total. The normalized spacial score (nSPS) is 14.7. The molecule has 5 rings (SSSR count). The summed E-state index contributed by atoms with van der Waals surface area (Å²) in [6.45, 7) is 0.414. The molecule has 2 heterocycles. The summed E-state index contributed by atoms with van der Waals surface area (Å²) in [6.07, 6.45) is 2.38. The van der Waals surface area contributed by atoms with Gasteiger partial charge in [0.2, 0.25) is 0 Å². The lowest BCUT2D eigenvalue weighted by Gasteiger charge is -2.14. The van der Waals surface area contributed by atoms with Crippen molar-refractivity contribution in [1.29, 1.82) is 0 Å². The van der Waals surface area contributed by atoms with E-state index in [-0.39, 0.29) is 11.5 Å². The highest BCUT2D eigenvalue weighted by Crippen LogP contribution is 2.33.